The van der Waals surface area contributed by atoms with E-state index < -0.39 is 0 Å². The van der Waals surface area contributed by atoms with Crippen LogP contribution in [0.2, 0.25) is 10.0 Å². The molecule has 0 aliphatic heterocycles. The summed E-state index contributed by atoms with van der Waals surface area (Å²) in [7, 11) is 3.90. The first kappa shape index (κ1) is 16.8. The van der Waals surface area contributed by atoms with Crippen molar-refractivity contribution in [1.29, 1.82) is 0 Å². The van der Waals surface area contributed by atoms with Crippen LogP contribution in [-0.4, -0.2) is 16.8 Å². The Kier molecular flexibility index (Phi) is 5.72. The SMILES string of the molecule is CCc1nn(C)c(CC(NC)c2cc(Cl)cc(Cl)c2)c1Br. The van der Waals surface area contributed by atoms with E-state index in [2.05, 4.69) is 33.3 Å². The molecule has 0 amide bonds. The van der Waals surface area contributed by atoms with Gasteiger partial charge in [0.2, 0.25) is 0 Å². The van der Waals surface area contributed by atoms with Crippen LogP contribution in [-0.2, 0) is 19.9 Å². The third kappa shape index (κ3) is 3.81. The molecule has 1 unspecified atom stereocenters. The van der Waals surface area contributed by atoms with Crippen molar-refractivity contribution in [2.24, 2.45) is 7.05 Å². The van der Waals surface area contributed by atoms with Crippen LogP contribution in [0, 0.1) is 0 Å². The van der Waals surface area contributed by atoms with Crippen molar-refractivity contribution in [3.8, 4) is 0 Å². The number of aryl methyl sites for hydroxylation is 2. The number of hydrogen-bond acceptors (Lipinski definition) is 2. The average molecular weight is 391 g/mol. The lowest BCUT2D eigenvalue weighted by Crippen LogP contribution is -2.20. The second-order valence-corrected chi connectivity index (χ2v) is 6.60. The highest BCUT2D eigenvalue weighted by Crippen LogP contribution is 2.29. The number of nitrogens with zero attached hydrogens (tertiary/aromatic N) is 2. The zero-order chi connectivity index (χ0) is 15.6. The lowest BCUT2D eigenvalue weighted by atomic mass is 10.0. The molecule has 1 atom stereocenters. The van der Waals surface area contributed by atoms with Gasteiger partial charge in [0.1, 0.15) is 0 Å². The second-order valence-electron chi connectivity index (χ2n) is 4.93. The fourth-order valence-corrected chi connectivity index (χ4v) is 3.72. The summed E-state index contributed by atoms with van der Waals surface area (Å²) in [6.45, 7) is 2.10. The van der Waals surface area contributed by atoms with Gasteiger partial charge in [-0.3, -0.25) is 4.68 Å². The van der Waals surface area contributed by atoms with E-state index in [9.17, 15) is 0 Å². The summed E-state index contributed by atoms with van der Waals surface area (Å²) >= 11 is 15.9. The molecular formula is C15H18BrCl2N3. The Labute approximate surface area is 143 Å². The van der Waals surface area contributed by atoms with Crippen molar-refractivity contribution >= 4 is 39.1 Å². The van der Waals surface area contributed by atoms with E-state index >= 15 is 0 Å². The molecule has 2 rings (SSSR count). The van der Waals surface area contributed by atoms with Crippen LogP contribution >= 0.6 is 39.1 Å². The molecule has 0 bridgehead atoms. The summed E-state index contributed by atoms with van der Waals surface area (Å²) in [6.07, 6.45) is 1.71. The minimum Gasteiger partial charge on any atom is -0.313 e. The zero-order valence-electron chi connectivity index (χ0n) is 12.3. The fraction of sp³-hybridized carbons (Fsp3) is 0.400. The summed E-state index contributed by atoms with van der Waals surface area (Å²) in [5.74, 6) is 0. The number of benzene rings is 1. The largest absolute Gasteiger partial charge is 0.313 e. The lowest BCUT2D eigenvalue weighted by molar-refractivity contribution is 0.560. The van der Waals surface area contributed by atoms with E-state index in [4.69, 9.17) is 23.2 Å². The maximum atomic E-state index is 6.10. The molecule has 114 valence electrons. The molecule has 0 saturated carbocycles. The van der Waals surface area contributed by atoms with Crippen molar-refractivity contribution in [3.63, 3.8) is 0 Å². The van der Waals surface area contributed by atoms with Crippen molar-refractivity contribution in [1.82, 2.24) is 15.1 Å². The smallest absolute Gasteiger partial charge is 0.0766 e. The molecule has 3 nitrogen and oxygen atoms in total. The molecule has 0 aliphatic rings. The molecule has 0 radical (unpaired) electrons. The molecule has 6 heteroatoms. The van der Waals surface area contributed by atoms with Crippen molar-refractivity contribution in [3.05, 3.63) is 49.7 Å². The Morgan fingerprint density at radius 1 is 1.29 bits per heavy atom. The zero-order valence-corrected chi connectivity index (χ0v) is 15.3. The molecule has 1 aromatic carbocycles. The van der Waals surface area contributed by atoms with Gasteiger partial charge < -0.3 is 5.32 Å². The first-order valence-corrected chi connectivity index (χ1v) is 8.34. The number of aromatic nitrogens is 2. The Morgan fingerprint density at radius 2 is 1.90 bits per heavy atom. The number of nitrogens with one attached hydrogen (secondary N) is 1. The maximum absolute atomic E-state index is 6.10. The summed E-state index contributed by atoms with van der Waals surface area (Å²) in [5.41, 5.74) is 3.30. The third-order valence-corrected chi connectivity index (χ3v) is 4.89. The van der Waals surface area contributed by atoms with E-state index in [-0.39, 0.29) is 6.04 Å². The minimum atomic E-state index is 0.123. The Morgan fingerprint density at radius 3 is 2.38 bits per heavy atom. The molecule has 1 heterocycles. The van der Waals surface area contributed by atoms with Gasteiger partial charge in [0.15, 0.2) is 0 Å². The highest BCUT2D eigenvalue weighted by Gasteiger charge is 2.18. The molecule has 0 saturated heterocycles. The van der Waals surface area contributed by atoms with Crippen LogP contribution in [0.25, 0.3) is 0 Å². The van der Waals surface area contributed by atoms with E-state index in [1.54, 1.807) is 6.07 Å². The second kappa shape index (κ2) is 7.14. The predicted octanol–water partition coefficient (Wildman–Crippen LogP) is 4.56. The predicted molar refractivity (Wildman–Crippen MR) is 92.3 cm³/mol. The van der Waals surface area contributed by atoms with Gasteiger partial charge in [-0.2, -0.15) is 5.10 Å². The summed E-state index contributed by atoms with van der Waals surface area (Å²) < 4.78 is 3.01. The molecule has 0 spiro atoms. The third-order valence-electron chi connectivity index (χ3n) is 3.54. The van der Waals surface area contributed by atoms with Crippen LogP contribution in [0.3, 0.4) is 0 Å². The number of halogens is 3. The molecular weight excluding hydrogens is 373 g/mol. The topological polar surface area (TPSA) is 29.9 Å². The lowest BCUT2D eigenvalue weighted by Gasteiger charge is -2.18. The minimum absolute atomic E-state index is 0.123. The summed E-state index contributed by atoms with van der Waals surface area (Å²) in [4.78, 5) is 0. The van der Waals surface area contributed by atoms with Crippen LogP contribution in [0.15, 0.2) is 22.7 Å². The summed E-state index contributed by atoms with van der Waals surface area (Å²) in [5, 5.41) is 9.16. The molecule has 21 heavy (non-hydrogen) atoms. The summed E-state index contributed by atoms with van der Waals surface area (Å²) in [6, 6.07) is 5.76. The number of rotatable bonds is 5. The molecule has 1 N–H and O–H groups in total. The highest BCUT2D eigenvalue weighted by atomic mass is 79.9. The Bertz CT molecular complexity index is 620. The first-order chi connectivity index (χ1) is 9.96. The number of likely N-dealkylation sites (N-methyl/N-ethyl adjacent to an activating group) is 1. The van der Waals surface area contributed by atoms with Gasteiger partial charge in [-0.1, -0.05) is 30.1 Å². The van der Waals surface area contributed by atoms with Gasteiger partial charge in [-0.05, 0) is 53.2 Å². The maximum Gasteiger partial charge on any atom is 0.0766 e. The van der Waals surface area contributed by atoms with Crippen molar-refractivity contribution in [2.45, 2.75) is 25.8 Å². The Hall–Kier alpha value is -0.550. The van der Waals surface area contributed by atoms with E-state index in [1.807, 2.05) is 30.9 Å². The van der Waals surface area contributed by atoms with Crippen LogP contribution < -0.4 is 5.32 Å². The van der Waals surface area contributed by atoms with Crippen LogP contribution in [0.5, 0.6) is 0 Å². The quantitative estimate of drug-likeness (QED) is 0.811. The van der Waals surface area contributed by atoms with E-state index in [1.165, 1.54) is 0 Å². The molecule has 2 aromatic rings. The molecule has 0 aliphatic carbocycles. The normalized spacial score (nSPS) is 12.7. The van der Waals surface area contributed by atoms with Gasteiger partial charge in [0.25, 0.3) is 0 Å². The van der Waals surface area contributed by atoms with Gasteiger partial charge >= 0.3 is 0 Å². The van der Waals surface area contributed by atoms with Gasteiger partial charge in [0.05, 0.1) is 15.9 Å². The number of hydrogen-bond donors (Lipinski definition) is 1. The van der Waals surface area contributed by atoms with Gasteiger partial charge in [-0.25, -0.2) is 0 Å². The van der Waals surface area contributed by atoms with Crippen LogP contribution in [0.4, 0.5) is 0 Å². The van der Waals surface area contributed by atoms with Crippen molar-refractivity contribution in [2.75, 3.05) is 7.05 Å². The van der Waals surface area contributed by atoms with E-state index in [0.717, 1.165) is 34.3 Å². The average Bonchev–Trinajstić information content (AvgIpc) is 2.70. The van der Waals surface area contributed by atoms with Crippen LogP contribution in [0.1, 0.15) is 29.9 Å². The van der Waals surface area contributed by atoms with Gasteiger partial charge in [0, 0.05) is 29.6 Å². The monoisotopic (exact) mass is 389 g/mol. The molecule has 0 fully saturated rings. The standard InChI is InChI=1S/C15H18BrCl2N3/c1-4-12-15(16)14(21(3)20-12)8-13(19-2)9-5-10(17)7-11(18)6-9/h5-7,13,19H,4,8H2,1-3H3. The fourth-order valence-electron chi connectivity index (χ4n) is 2.40. The van der Waals surface area contributed by atoms with Crippen molar-refractivity contribution < 1.29 is 0 Å². The Balaban J connectivity index is 2.33. The van der Waals surface area contributed by atoms with E-state index in [0.29, 0.717) is 10.0 Å². The highest BCUT2D eigenvalue weighted by molar-refractivity contribution is 9.10. The molecule has 1 aromatic heterocycles. The van der Waals surface area contributed by atoms with Gasteiger partial charge in [-0.15, -0.1) is 0 Å². The first-order valence-electron chi connectivity index (χ1n) is 6.79.